The molecule has 1 heterocycles. The Labute approximate surface area is 153 Å². The summed E-state index contributed by atoms with van der Waals surface area (Å²) in [5, 5.41) is 0.240. The van der Waals surface area contributed by atoms with Gasteiger partial charge in [-0.15, -0.1) is 0 Å². The van der Waals surface area contributed by atoms with E-state index in [1.807, 2.05) is 0 Å². The minimum atomic E-state index is -0.489. The fourth-order valence-electron chi connectivity index (χ4n) is 2.20. The molecule has 1 aliphatic heterocycles. The van der Waals surface area contributed by atoms with Crippen molar-refractivity contribution in [3.05, 3.63) is 63.8 Å². The number of halogens is 2. The van der Waals surface area contributed by atoms with Gasteiger partial charge in [-0.25, -0.2) is 4.39 Å². The number of carbonyl (C=O) groups excluding carboxylic acids is 1. The van der Waals surface area contributed by atoms with Crippen molar-refractivity contribution < 1.29 is 13.9 Å². The van der Waals surface area contributed by atoms with Gasteiger partial charge in [-0.05, 0) is 42.5 Å². The molecule has 0 aromatic heterocycles. The molecule has 2 aromatic rings. The quantitative estimate of drug-likeness (QED) is 0.560. The number of thioether (sulfide) groups is 1. The molecule has 2 aromatic carbocycles. The number of thiocarbonyl (C=S) groups is 1. The molecule has 7 heteroatoms. The Hall–Kier alpha value is -1.89. The highest BCUT2D eigenvalue weighted by Gasteiger charge is 2.33. The molecule has 1 aliphatic rings. The summed E-state index contributed by atoms with van der Waals surface area (Å²) in [6.45, 7) is 0. The lowest BCUT2D eigenvalue weighted by Gasteiger charge is -2.14. The van der Waals surface area contributed by atoms with Gasteiger partial charge in [0.2, 0.25) is 0 Å². The van der Waals surface area contributed by atoms with Crippen LogP contribution in [0.1, 0.15) is 5.56 Å². The molecular formula is C17H11ClFNO2S2. The van der Waals surface area contributed by atoms with E-state index in [0.717, 1.165) is 11.8 Å². The van der Waals surface area contributed by atoms with E-state index in [0.29, 0.717) is 20.7 Å². The Kier molecular flexibility index (Phi) is 4.89. The Morgan fingerprint density at radius 1 is 1.25 bits per heavy atom. The molecule has 0 N–H and O–H groups in total. The molecule has 0 bridgehead atoms. The van der Waals surface area contributed by atoms with Crippen molar-refractivity contribution >= 4 is 57.6 Å². The predicted molar refractivity (Wildman–Crippen MR) is 100 cm³/mol. The number of hydrogen-bond acceptors (Lipinski definition) is 4. The van der Waals surface area contributed by atoms with Crippen molar-refractivity contribution in [3.63, 3.8) is 0 Å². The average molecular weight is 380 g/mol. The lowest BCUT2D eigenvalue weighted by Crippen LogP contribution is -2.27. The lowest BCUT2D eigenvalue weighted by atomic mass is 10.2. The van der Waals surface area contributed by atoms with Gasteiger partial charge in [0.25, 0.3) is 5.91 Å². The number of rotatable bonds is 3. The highest BCUT2D eigenvalue weighted by atomic mass is 35.5. The van der Waals surface area contributed by atoms with Crippen LogP contribution in [0.3, 0.4) is 0 Å². The van der Waals surface area contributed by atoms with Crippen LogP contribution in [-0.2, 0) is 4.79 Å². The summed E-state index contributed by atoms with van der Waals surface area (Å²) in [7, 11) is 1.56. The zero-order chi connectivity index (χ0) is 17.3. The van der Waals surface area contributed by atoms with E-state index in [2.05, 4.69) is 0 Å². The van der Waals surface area contributed by atoms with E-state index in [1.54, 1.807) is 37.4 Å². The van der Waals surface area contributed by atoms with E-state index in [1.165, 1.54) is 23.1 Å². The molecule has 0 aliphatic carbocycles. The monoisotopic (exact) mass is 379 g/mol. The third-order valence-electron chi connectivity index (χ3n) is 3.40. The maximum absolute atomic E-state index is 13.9. The number of benzene rings is 2. The van der Waals surface area contributed by atoms with Crippen LogP contribution in [0.15, 0.2) is 47.4 Å². The van der Waals surface area contributed by atoms with Gasteiger partial charge in [-0.2, -0.15) is 0 Å². The van der Waals surface area contributed by atoms with Crippen LogP contribution >= 0.6 is 35.6 Å². The van der Waals surface area contributed by atoms with Crippen molar-refractivity contribution in [3.8, 4) is 5.75 Å². The second-order valence-corrected chi connectivity index (χ2v) is 6.93. The van der Waals surface area contributed by atoms with Crippen LogP contribution in [0, 0.1) is 5.82 Å². The number of ether oxygens (including phenoxy) is 1. The van der Waals surface area contributed by atoms with Crippen molar-refractivity contribution in [2.24, 2.45) is 0 Å². The van der Waals surface area contributed by atoms with Gasteiger partial charge in [0, 0.05) is 5.56 Å². The van der Waals surface area contributed by atoms with E-state index < -0.39 is 5.82 Å². The molecule has 24 heavy (non-hydrogen) atoms. The molecule has 0 unspecified atom stereocenters. The fraction of sp³-hybridized carbons (Fsp3) is 0.0588. The van der Waals surface area contributed by atoms with Gasteiger partial charge >= 0.3 is 0 Å². The van der Waals surface area contributed by atoms with Gasteiger partial charge in [-0.1, -0.05) is 41.6 Å². The Bertz CT molecular complexity index is 832. The second kappa shape index (κ2) is 6.93. The van der Waals surface area contributed by atoms with Crippen LogP contribution in [0.4, 0.5) is 10.1 Å². The minimum absolute atomic E-state index is 0.175. The maximum Gasteiger partial charge on any atom is 0.270 e. The van der Waals surface area contributed by atoms with Crippen molar-refractivity contribution in [2.45, 2.75) is 0 Å². The molecule has 122 valence electrons. The maximum atomic E-state index is 13.9. The number of amides is 1. The standard InChI is InChI=1S/C17H11ClFNO2S2/c1-22-11-7-5-10(6-8-11)20-16(21)15(24-17(20)23)9-12-13(18)3-2-4-14(12)19/h2-9H,1H3/b15-9+. The van der Waals surface area contributed by atoms with Crippen LogP contribution in [0.5, 0.6) is 5.75 Å². The third kappa shape index (κ3) is 3.17. The third-order valence-corrected chi connectivity index (χ3v) is 5.03. The summed E-state index contributed by atoms with van der Waals surface area (Å²) in [6, 6.07) is 11.3. The summed E-state index contributed by atoms with van der Waals surface area (Å²) in [5.41, 5.74) is 0.802. The molecule has 0 atom stereocenters. The molecule has 1 fully saturated rings. The van der Waals surface area contributed by atoms with Crippen molar-refractivity contribution in [2.75, 3.05) is 12.0 Å². The molecule has 3 nitrogen and oxygen atoms in total. The number of anilines is 1. The first-order valence-corrected chi connectivity index (χ1v) is 8.47. The first-order chi connectivity index (χ1) is 11.5. The number of methoxy groups -OCH3 is 1. The Morgan fingerprint density at radius 2 is 1.96 bits per heavy atom. The van der Waals surface area contributed by atoms with E-state index in [4.69, 9.17) is 28.6 Å². The molecule has 3 rings (SSSR count). The molecule has 0 spiro atoms. The number of hydrogen-bond donors (Lipinski definition) is 0. The highest BCUT2D eigenvalue weighted by molar-refractivity contribution is 8.27. The van der Waals surface area contributed by atoms with Gasteiger partial charge in [-0.3, -0.25) is 9.69 Å². The smallest absolute Gasteiger partial charge is 0.270 e. The zero-order valence-corrected chi connectivity index (χ0v) is 14.8. The molecule has 0 saturated carbocycles. The van der Waals surface area contributed by atoms with Gasteiger partial charge < -0.3 is 4.74 Å². The fourth-order valence-corrected chi connectivity index (χ4v) is 3.70. The summed E-state index contributed by atoms with van der Waals surface area (Å²) in [4.78, 5) is 14.4. The molecular weight excluding hydrogens is 369 g/mol. The topological polar surface area (TPSA) is 29.5 Å². The largest absolute Gasteiger partial charge is 0.497 e. The van der Waals surface area contributed by atoms with Crippen molar-refractivity contribution in [1.82, 2.24) is 0 Å². The Morgan fingerprint density at radius 3 is 2.58 bits per heavy atom. The molecule has 1 amide bonds. The van der Waals surface area contributed by atoms with Crippen molar-refractivity contribution in [1.29, 1.82) is 0 Å². The number of nitrogens with zero attached hydrogens (tertiary/aromatic N) is 1. The summed E-state index contributed by atoms with van der Waals surface area (Å²) in [5.74, 6) is -0.121. The Balaban J connectivity index is 1.95. The predicted octanol–water partition coefficient (Wildman–Crippen LogP) is 4.89. The average Bonchev–Trinajstić information content (AvgIpc) is 2.85. The summed E-state index contributed by atoms with van der Waals surface area (Å²) < 4.78 is 19.4. The SMILES string of the molecule is COc1ccc(N2C(=O)/C(=C\c3c(F)cccc3Cl)SC2=S)cc1. The van der Waals surface area contributed by atoms with E-state index in [9.17, 15) is 9.18 Å². The highest BCUT2D eigenvalue weighted by Crippen LogP contribution is 2.37. The first-order valence-electron chi connectivity index (χ1n) is 6.87. The summed E-state index contributed by atoms with van der Waals surface area (Å²) in [6.07, 6.45) is 1.43. The van der Waals surface area contributed by atoms with Gasteiger partial charge in [0.1, 0.15) is 11.6 Å². The van der Waals surface area contributed by atoms with Crippen LogP contribution in [-0.4, -0.2) is 17.3 Å². The van der Waals surface area contributed by atoms with Crippen LogP contribution in [0.25, 0.3) is 6.08 Å². The summed E-state index contributed by atoms with van der Waals surface area (Å²) >= 11 is 12.4. The lowest BCUT2D eigenvalue weighted by molar-refractivity contribution is -0.113. The zero-order valence-electron chi connectivity index (χ0n) is 12.5. The first kappa shape index (κ1) is 17.0. The van der Waals surface area contributed by atoms with Crippen LogP contribution < -0.4 is 9.64 Å². The van der Waals surface area contributed by atoms with Gasteiger partial charge in [0.05, 0.1) is 22.7 Å². The number of carbonyl (C=O) groups is 1. The second-order valence-electron chi connectivity index (χ2n) is 4.85. The van der Waals surface area contributed by atoms with Crippen LogP contribution in [0.2, 0.25) is 5.02 Å². The molecule has 1 saturated heterocycles. The molecule has 0 radical (unpaired) electrons. The normalized spacial score (nSPS) is 16.1. The minimum Gasteiger partial charge on any atom is -0.497 e. The van der Waals surface area contributed by atoms with E-state index >= 15 is 0 Å². The van der Waals surface area contributed by atoms with Gasteiger partial charge in [0.15, 0.2) is 4.32 Å². The van der Waals surface area contributed by atoms with E-state index in [-0.39, 0.29) is 16.5 Å².